The number of carbonyl (C=O) groups excluding carboxylic acids is 1. The molecule has 190 valence electrons. The number of carbonyl (C=O) groups is 1. The topological polar surface area (TPSA) is 93.4 Å². The molecule has 0 saturated heterocycles. The van der Waals surface area contributed by atoms with Crippen LogP contribution in [-0.2, 0) is 11.3 Å². The van der Waals surface area contributed by atoms with Crippen LogP contribution in [0.5, 0.6) is 5.75 Å². The molecule has 0 bridgehead atoms. The molecule has 2 atom stereocenters. The molecule has 1 aliphatic carbocycles. The highest BCUT2D eigenvalue weighted by Crippen LogP contribution is 2.27. The molecule has 1 fully saturated rings. The van der Waals surface area contributed by atoms with Crippen molar-refractivity contribution < 1.29 is 9.53 Å². The maximum atomic E-state index is 12.8. The highest BCUT2D eigenvalue weighted by molar-refractivity contribution is 8.00. The average molecular weight is 507 g/mol. The Morgan fingerprint density at radius 3 is 2.67 bits per heavy atom. The van der Waals surface area contributed by atoms with Crippen molar-refractivity contribution in [2.24, 2.45) is 11.0 Å². The molecule has 8 nitrogen and oxygen atoms in total. The first-order valence-electron chi connectivity index (χ1n) is 12.5. The first-order chi connectivity index (χ1) is 17.5. The van der Waals surface area contributed by atoms with Gasteiger partial charge < -0.3 is 10.1 Å². The molecule has 1 aromatic heterocycles. The third-order valence-corrected chi connectivity index (χ3v) is 7.22. The molecule has 2 aromatic carbocycles. The second-order valence-electron chi connectivity index (χ2n) is 8.87. The van der Waals surface area contributed by atoms with E-state index in [2.05, 4.69) is 33.0 Å². The Morgan fingerprint density at radius 1 is 1.17 bits per heavy atom. The first-order valence-corrected chi connectivity index (χ1v) is 13.4. The molecule has 9 heteroatoms. The largest absolute Gasteiger partial charge is 0.494 e. The third kappa shape index (κ3) is 6.66. The molecule has 36 heavy (non-hydrogen) atoms. The van der Waals surface area contributed by atoms with Crippen LogP contribution in [0.25, 0.3) is 5.69 Å². The van der Waals surface area contributed by atoms with Gasteiger partial charge in [0.2, 0.25) is 0 Å². The normalized spacial score (nSPS) is 17.5. The summed E-state index contributed by atoms with van der Waals surface area (Å²) in [6.45, 7) is 7.12. The van der Waals surface area contributed by atoms with Crippen LogP contribution < -0.4 is 15.5 Å². The van der Waals surface area contributed by atoms with Gasteiger partial charge in [-0.25, -0.2) is 5.43 Å². The minimum Gasteiger partial charge on any atom is -0.494 e. The van der Waals surface area contributed by atoms with Crippen molar-refractivity contribution in [1.29, 1.82) is 0 Å². The zero-order chi connectivity index (χ0) is 25.3. The summed E-state index contributed by atoms with van der Waals surface area (Å²) in [5.41, 5.74) is 5.76. The monoisotopic (exact) mass is 506 g/mol. The summed E-state index contributed by atoms with van der Waals surface area (Å²) < 4.78 is 7.51. The van der Waals surface area contributed by atoms with E-state index in [0.717, 1.165) is 47.9 Å². The molecule has 0 radical (unpaired) electrons. The molecule has 0 spiro atoms. The van der Waals surface area contributed by atoms with Gasteiger partial charge in [-0.3, -0.25) is 9.36 Å². The lowest BCUT2D eigenvalue weighted by atomic mass is 9.89. The van der Waals surface area contributed by atoms with Crippen LogP contribution in [-0.4, -0.2) is 38.2 Å². The Labute approximate surface area is 216 Å². The standard InChI is InChI=1S/C27H34N6O2S/c1-4-35-23-16-14-21(15-17-23)28-18-25-30-32-27(33(25)22-11-6-5-7-12-22)36-20(3)26(34)31-29-24-13-9-8-10-19(24)2/h5-7,11-12,14-17,19-20,28H,4,8-10,13,18H2,1-3H3,(H,31,34)/b29-24+. The highest BCUT2D eigenvalue weighted by atomic mass is 32.2. The number of aromatic nitrogens is 3. The van der Waals surface area contributed by atoms with E-state index in [1.807, 2.05) is 73.0 Å². The summed E-state index contributed by atoms with van der Waals surface area (Å²) in [7, 11) is 0. The predicted octanol–water partition coefficient (Wildman–Crippen LogP) is 5.44. The Hall–Kier alpha value is -3.33. The van der Waals surface area contributed by atoms with Crippen molar-refractivity contribution in [3.05, 3.63) is 60.4 Å². The first kappa shape index (κ1) is 25.8. The number of hydrazone groups is 1. The van der Waals surface area contributed by atoms with E-state index in [1.165, 1.54) is 18.2 Å². The summed E-state index contributed by atoms with van der Waals surface area (Å²) in [6.07, 6.45) is 4.45. The van der Waals surface area contributed by atoms with Crippen molar-refractivity contribution in [2.75, 3.05) is 11.9 Å². The number of amides is 1. The number of nitrogens with zero attached hydrogens (tertiary/aromatic N) is 4. The molecule has 0 aliphatic heterocycles. The molecule has 3 aromatic rings. The highest BCUT2D eigenvalue weighted by Gasteiger charge is 2.22. The molecule has 1 heterocycles. The quantitative estimate of drug-likeness (QED) is 0.281. The lowest BCUT2D eigenvalue weighted by Gasteiger charge is -2.20. The van der Waals surface area contributed by atoms with Crippen LogP contribution in [0.2, 0.25) is 0 Å². The zero-order valence-electron chi connectivity index (χ0n) is 21.1. The lowest BCUT2D eigenvalue weighted by Crippen LogP contribution is -2.30. The Morgan fingerprint density at radius 2 is 1.94 bits per heavy atom. The Balaban J connectivity index is 1.47. The number of para-hydroxylation sites is 1. The van der Waals surface area contributed by atoms with E-state index in [0.29, 0.717) is 24.2 Å². The van der Waals surface area contributed by atoms with Gasteiger partial charge in [-0.15, -0.1) is 10.2 Å². The van der Waals surface area contributed by atoms with E-state index in [9.17, 15) is 4.79 Å². The maximum Gasteiger partial charge on any atom is 0.253 e. The van der Waals surface area contributed by atoms with Gasteiger partial charge >= 0.3 is 0 Å². The maximum absolute atomic E-state index is 12.8. The molecule has 2 unspecified atom stereocenters. The van der Waals surface area contributed by atoms with Gasteiger partial charge in [0.1, 0.15) is 5.75 Å². The van der Waals surface area contributed by atoms with Crippen LogP contribution >= 0.6 is 11.8 Å². The molecule has 4 rings (SSSR count). The second-order valence-corrected chi connectivity index (χ2v) is 10.2. The minimum absolute atomic E-state index is 0.137. The summed E-state index contributed by atoms with van der Waals surface area (Å²) in [5.74, 6) is 1.88. The van der Waals surface area contributed by atoms with E-state index in [4.69, 9.17) is 4.74 Å². The number of anilines is 1. The average Bonchev–Trinajstić information content (AvgIpc) is 3.30. The summed E-state index contributed by atoms with van der Waals surface area (Å²) in [5, 5.41) is 17.0. The van der Waals surface area contributed by atoms with Gasteiger partial charge in [0.25, 0.3) is 5.91 Å². The fourth-order valence-corrected chi connectivity index (χ4v) is 4.99. The van der Waals surface area contributed by atoms with Crippen molar-refractivity contribution in [3.8, 4) is 11.4 Å². The van der Waals surface area contributed by atoms with Crippen molar-refractivity contribution in [2.45, 2.75) is 63.4 Å². The molecule has 1 aliphatic rings. The third-order valence-electron chi connectivity index (χ3n) is 6.18. The number of thioether (sulfide) groups is 1. The SMILES string of the molecule is CCOc1ccc(NCc2nnc(SC(C)C(=O)N/N=C3\CCCCC3C)n2-c2ccccc2)cc1. The van der Waals surface area contributed by atoms with Crippen LogP contribution in [0.4, 0.5) is 5.69 Å². The number of nitrogens with one attached hydrogen (secondary N) is 2. The zero-order valence-corrected chi connectivity index (χ0v) is 21.9. The van der Waals surface area contributed by atoms with Crippen LogP contribution in [0.3, 0.4) is 0 Å². The summed E-state index contributed by atoms with van der Waals surface area (Å²) in [4.78, 5) is 12.8. The number of ether oxygens (including phenoxy) is 1. The van der Waals surface area contributed by atoms with Gasteiger partial charge in [0, 0.05) is 17.1 Å². The van der Waals surface area contributed by atoms with Gasteiger partial charge in [0.05, 0.1) is 18.4 Å². The smallest absolute Gasteiger partial charge is 0.253 e. The van der Waals surface area contributed by atoms with Crippen LogP contribution in [0, 0.1) is 5.92 Å². The van der Waals surface area contributed by atoms with Gasteiger partial charge in [-0.2, -0.15) is 5.10 Å². The number of benzene rings is 2. The summed E-state index contributed by atoms with van der Waals surface area (Å²) in [6, 6.07) is 17.8. The predicted molar refractivity (Wildman–Crippen MR) is 145 cm³/mol. The van der Waals surface area contributed by atoms with Crippen molar-refractivity contribution in [1.82, 2.24) is 20.2 Å². The van der Waals surface area contributed by atoms with E-state index < -0.39 is 0 Å². The van der Waals surface area contributed by atoms with Crippen LogP contribution in [0.1, 0.15) is 52.3 Å². The lowest BCUT2D eigenvalue weighted by molar-refractivity contribution is -0.120. The molecular weight excluding hydrogens is 472 g/mol. The van der Waals surface area contributed by atoms with Gasteiger partial charge in [-0.1, -0.05) is 43.3 Å². The Bertz CT molecular complexity index is 1160. The van der Waals surface area contributed by atoms with E-state index in [1.54, 1.807) is 0 Å². The number of hydrogen-bond donors (Lipinski definition) is 2. The molecular formula is C27H34N6O2S. The number of rotatable bonds is 10. The minimum atomic E-state index is -0.383. The van der Waals surface area contributed by atoms with Gasteiger partial charge in [0.15, 0.2) is 11.0 Å². The number of hydrogen-bond acceptors (Lipinski definition) is 7. The Kier molecular flexibility index (Phi) is 9.00. The van der Waals surface area contributed by atoms with Crippen molar-refractivity contribution in [3.63, 3.8) is 0 Å². The molecule has 2 N–H and O–H groups in total. The molecule has 1 amide bonds. The fourth-order valence-electron chi connectivity index (χ4n) is 4.11. The van der Waals surface area contributed by atoms with Crippen LogP contribution in [0.15, 0.2) is 64.9 Å². The van der Waals surface area contributed by atoms with E-state index >= 15 is 0 Å². The fraction of sp³-hybridized carbons (Fsp3) is 0.407. The van der Waals surface area contributed by atoms with E-state index in [-0.39, 0.29) is 11.2 Å². The second kappa shape index (κ2) is 12.6. The summed E-state index contributed by atoms with van der Waals surface area (Å²) >= 11 is 1.37. The van der Waals surface area contributed by atoms with Gasteiger partial charge in [-0.05, 0) is 75.4 Å². The molecule has 1 saturated carbocycles. The van der Waals surface area contributed by atoms with Crippen molar-refractivity contribution >= 4 is 29.1 Å².